The summed E-state index contributed by atoms with van der Waals surface area (Å²) in [5, 5.41) is 23.9. The van der Waals surface area contributed by atoms with Gasteiger partial charge in [0.25, 0.3) is 0 Å². The molecular formula is C22H20N2O5. The molecule has 2 heterocycles. The fourth-order valence-electron chi connectivity index (χ4n) is 3.61. The van der Waals surface area contributed by atoms with Crippen LogP contribution in [0.4, 0.5) is 0 Å². The number of H-pyrrole nitrogens is 1. The number of carbonyl (C=O) groups is 1. The lowest BCUT2D eigenvalue weighted by Gasteiger charge is -2.10. The zero-order valence-corrected chi connectivity index (χ0v) is 15.8. The standard InChI is InChI=1S/C22H20N2O5/c1-12-16(22(28)29-19-9-14(25)8-18(26)21(12)19)10-20(27)23-7-6-13-11-24-17-5-3-2-4-15(13)17/h2-5,8-9,11,24-26H,6-7,10H2,1H3,(H,23,27). The molecule has 0 radical (unpaired) electrons. The average molecular weight is 392 g/mol. The Kier molecular flexibility index (Phi) is 4.72. The molecule has 0 aliphatic heterocycles. The number of benzene rings is 2. The first-order chi connectivity index (χ1) is 13.9. The molecule has 2 aromatic carbocycles. The minimum Gasteiger partial charge on any atom is -0.508 e. The van der Waals surface area contributed by atoms with Crippen molar-refractivity contribution >= 4 is 27.8 Å². The quantitative estimate of drug-likeness (QED) is 0.390. The van der Waals surface area contributed by atoms with E-state index in [9.17, 15) is 19.8 Å². The van der Waals surface area contributed by atoms with Gasteiger partial charge in [-0.05, 0) is 30.5 Å². The van der Waals surface area contributed by atoms with Gasteiger partial charge in [0.15, 0.2) is 0 Å². The molecule has 29 heavy (non-hydrogen) atoms. The molecule has 0 unspecified atom stereocenters. The third-order valence-electron chi connectivity index (χ3n) is 5.07. The molecule has 0 spiro atoms. The van der Waals surface area contributed by atoms with Crippen LogP contribution in [0.15, 0.2) is 51.8 Å². The molecular weight excluding hydrogens is 372 g/mol. The molecule has 0 aliphatic rings. The molecule has 2 aromatic heterocycles. The highest BCUT2D eigenvalue weighted by molar-refractivity contribution is 5.90. The Bertz CT molecular complexity index is 1290. The molecule has 0 aliphatic carbocycles. The molecule has 0 saturated carbocycles. The van der Waals surface area contributed by atoms with Crippen LogP contribution in [-0.2, 0) is 17.6 Å². The van der Waals surface area contributed by atoms with Crippen LogP contribution in [-0.4, -0.2) is 27.6 Å². The van der Waals surface area contributed by atoms with E-state index in [4.69, 9.17) is 4.42 Å². The van der Waals surface area contributed by atoms with E-state index >= 15 is 0 Å². The van der Waals surface area contributed by atoms with Crippen molar-refractivity contribution in [3.63, 3.8) is 0 Å². The van der Waals surface area contributed by atoms with Gasteiger partial charge >= 0.3 is 5.63 Å². The third-order valence-corrected chi connectivity index (χ3v) is 5.07. The predicted molar refractivity (Wildman–Crippen MR) is 109 cm³/mol. The Morgan fingerprint density at radius 1 is 1.21 bits per heavy atom. The lowest BCUT2D eigenvalue weighted by molar-refractivity contribution is -0.120. The number of carbonyl (C=O) groups excluding carboxylic acids is 1. The van der Waals surface area contributed by atoms with E-state index in [1.807, 2.05) is 30.5 Å². The van der Waals surface area contributed by atoms with E-state index in [2.05, 4.69) is 10.3 Å². The Morgan fingerprint density at radius 3 is 2.83 bits per heavy atom. The second-order valence-electron chi connectivity index (χ2n) is 6.97. The van der Waals surface area contributed by atoms with Crippen molar-refractivity contribution in [2.75, 3.05) is 6.54 Å². The van der Waals surface area contributed by atoms with Crippen molar-refractivity contribution in [2.24, 2.45) is 0 Å². The number of aromatic hydroxyl groups is 2. The summed E-state index contributed by atoms with van der Waals surface area (Å²) in [5.74, 6) is -0.722. The van der Waals surface area contributed by atoms with E-state index in [1.165, 1.54) is 12.1 Å². The van der Waals surface area contributed by atoms with Gasteiger partial charge in [-0.15, -0.1) is 0 Å². The summed E-state index contributed by atoms with van der Waals surface area (Å²) in [6, 6.07) is 10.4. The highest BCUT2D eigenvalue weighted by Crippen LogP contribution is 2.32. The van der Waals surface area contributed by atoms with E-state index < -0.39 is 5.63 Å². The Labute approximate surface area is 165 Å². The number of phenols is 2. The second kappa shape index (κ2) is 7.35. The van der Waals surface area contributed by atoms with Gasteiger partial charge in [0.1, 0.15) is 17.1 Å². The van der Waals surface area contributed by atoms with Gasteiger partial charge in [0.2, 0.25) is 5.91 Å². The van der Waals surface area contributed by atoms with Gasteiger partial charge in [0, 0.05) is 35.8 Å². The topological polar surface area (TPSA) is 116 Å². The summed E-state index contributed by atoms with van der Waals surface area (Å²) in [6.07, 6.45) is 2.43. The maximum Gasteiger partial charge on any atom is 0.340 e. The number of rotatable bonds is 5. The number of aryl methyl sites for hydroxylation is 1. The van der Waals surface area contributed by atoms with E-state index in [1.54, 1.807) is 6.92 Å². The number of aromatic nitrogens is 1. The zero-order valence-electron chi connectivity index (χ0n) is 15.8. The summed E-state index contributed by atoms with van der Waals surface area (Å²) in [5.41, 5.74) is 2.21. The zero-order chi connectivity index (χ0) is 20.5. The molecule has 7 nitrogen and oxygen atoms in total. The van der Waals surface area contributed by atoms with Gasteiger partial charge < -0.3 is 24.9 Å². The molecule has 148 valence electrons. The maximum atomic E-state index is 12.4. The minimum absolute atomic E-state index is 0.0773. The number of nitrogens with one attached hydrogen (secondary N) is 2. The number of hydrogen-bond donors (Lipinski definition) is 4. The molecule has 0 atom stereocenters. The highest BCUT2D eigenvalue weighted by atomic mass is 16.4. The van der Waals surface area contributed by atoms with Crippen molar-refractivity contribution in [3.8, 4) is 11.5 Å². The number of aromatic amines is 1. The molecule has 4 rings (SSSR count). The van der Waals surface area contributed by atoms with Crippen molar-refractivity contribution in [1.29, 1.82) is 0 Å². The van der Waals surface area contributed by atoms with Crippen LogP contribution < -0.4 is 10.9 Å². The molecule has 0 fully saturated rings. The first-order valence-corrected chi connectivity index (χ1v) is 9.24. The molecule has 1 amide bonds. The number of phenolic OH excluding ortho intramolecular Hbond substituents is 2. The first-order valence-electron chi connectivity index (χ1n) is 9.24. The number of hydrogen-bond acceptors (Lipinski definition) is 5. The number of para-hydroxylation sites is 1. The molecule has 4 N–H and O–H groups in total. The second-order valence-corrected chi connectivity index (χ2v) is 6.97. The molecule has 7 heteroatoms. The Hall–Kier alpha value is -3.74. The summed E-state index contributed by atoms with van der Waals surface area (Å²) in [4.78, 5) is 27.9. The van der Waals surface area contributed by atoms with Crippen LogP contribution in [0.2, 0.25) is 0 Å². The van der Waals surface area contributed by atoms with Gasteiger partial charge in [-0.3, -0.25) is 4.79 Å². The smallest absolute Gasteiger partial charge is 0.340 e. The fraction of sp³-hybridized carbons (Fsp3) is 0.182. The molecule has 4 aromatic rings. The number of amides is 1. The summed E-state index contributed by atoms with van der Waals surface area (Å²) < 4.78 is 5.19. The molecule has 0 saturated heterocycles. The van der Waals surface area contributed by atoms with Crippen molar-refractivity contribution in [2.45, 2.75) is 19.8 Å². The maximum absolute atomic E-state index is 12.4. The minimum atomic E-state index is -0.660. The van der Waals surface area contributed by atoms with Crippen LogP contribution >= 0.6 is 0 Å². The molecule has 0 bridgehead atoms. The SMILES string of the molecule is Cc1c(CC(=O)NCCc2c[nH]c3ccccc23)c(=O)oc2cc(O)cc(O)c12. The summed E-state index contributed by atoms with van der Waals surface area (Å²) in [7, 11) is 0. The summed E-state index contributed by atoms with van der Waals surface area (Å²) >= 11 is 0. The lowest BCUT2D eigenvalue weighted by atomic mass is 10.0. The van der Waals surface area contributed by atoms with Gasteiger partial charge in [0.05, 0.1) is 17.4 Å². The van der Waals surface area contributed by atoms with Gasteiger partial charge in [-0.2, -0.15) is 0 Å². The predicted octanol–water partition coefficient (Wildman–Crippen LogP) is 2.90. The van der Waals surface area contributed by atoms with Crippen LogP contribution in [0.25, 0.3) is 21.9 Å². The monoisotopic (exact) mass is 392 g/mol. The Balaban J connectivity index is 1.48. The van der Waals surface area contributed by atoms with Gasteiger partial charge in [-0.1, -0.05) is 18.2 Å². The largest absolute Gasteiger partial charge is 0.508 e. The van der Waals surface area contributed by atoms with Crippen LogP contribution in [0.3, 0.4) is 0 Å². The van der Waals surface area contributed by atoms with Crippen LogP contribution in [0, 0.1) is 6.92 Å². The van der Waals surface area contributed by atoms with Crippen LogP contribution in [0.1, 0.15) is 16.7 Å². The average Bonchev–Trinajstić information content (AvgIpc) is 3.07. The normalized spacial score (nSPS) is 11.2. The van der Waals surface area contributed by atoms with Crippen molar-refractivity contribution in [1.82, 2.24) is 10.3 Å². The van der Waals surface area contributed by atoms with E-state index in [0.29, 0.717) is 23.9 Å². The van der Waals surface area contributed by atoms with Crippen molar-refractivity contribution in [3.05, 3.63) is 69.7 Å². The summed E-state index contributed by atoms with van der Waals surface area (Å²) in [6.45, 7) is 2.07. The van der Waals surface area contributed by atoms with Gasteiger partial charge in [-0.25, -0.2) is 4.79 Å². The number of fused-ring (bicyclic) bond motifs is 2. The highest BCUT2D eigenvalue weighted by Gasteiger charge is 2.18. The lowest BCUT2D eigenvalue weighted by Crippen LogP contribution is -2.29. The van der Waals surface area contributed by atoms with E-state index in [0.717, 1.165) is 16.5 Å². The van der Waals surface area contributed by atoms with Crippen molar-refractivity contribution < 1.29 is 19.4 Å². The van der Waals surface area contributed by atoms with Crippen LogP contribution in [0.5, 0.6) is 11.5 Å². The first kappa shape index (κ1) is 18.6. The fourth-order valence-corrected chi connectivity index (χ4v) is 3.61. The Morgan fingerprint density at radius 2 is 2.00 bits per heavy atom. The third kappa shape index (κ3) is 3.54. The van der Waals surface area contributed by atoms with E-state index in [-0.39, 0.29) is 35.0 Å².